The number of anilines is 1. The Bertz CT molecular complexity index is 1300. The standard InChI is InChI=1S/C23H21ClN4O3/c1-13-21-17(23(29)25-15-8-9-20(31-4)18(24)11-15)12-19(26-22(21)28(2)27-13)14-6-5-7-16(10-14)30-3/h5-12H,1-4H3,(H,25,29). The first-order chi connectivity index (χ1) is 14.9. The van der Waals surface area contributed by atoms with E-state index in [0.717, 1.165) is 11.3 Å². The number of amides is 1. The van der Waals surface area contributed by atoms with E-state index in [2.05, 4.69) is 10.4 Å². The first kappa shape index (κ1) is 20.7. The molecule has 4 aromatic rings. The largest absolute Gasteiger partial charge is 0.497 e. The molecule has 1 N–H and O–H groups in total. The van der Waals surface area contributed by atoms with Gasteiger partial charge in [-0.05, 0) is 43.3 Å². The van der Waals surface area contributed by atoms with Crippen molar-refractivity contribution in [3.05, 3.63) is 64.8 Å². The molecule has 7 nitrogen and oxygen atoms in total. The Kier molecular flexibility index (Phi) is 5.52. The summed E-state index contributed by atoms with van der Waals surface area (Å²) >= 11 is 6.20. The van der Waals surface area contributed by atoms with E-state index >= 15 is 0 Å². The first-order valence-electron chi connectivity index (χ1n) is 9.55. The summed E-state index contributed by atoms with van der Waals surface area (Å²) in [5, 5.41) is 8.48. The number of hydrogen-bond acceptors (Lipinski definition) is 5. The SMILES string of the molecule is COc1cccc(-c2cc(C(=O)Nc3ccc(OC)c(Cl)c3)c3c(C)nn(C)c3n2)c1. The molecule has 31 heavy (non-hydrogen) atoms. The molecule has 0 aliphatic heterocycles. The summed E-state index contributed by atoms with van der Waals surface area (Å²) in [6.07, 6.45) is 0. The molecule has 0 unspecified atom stereocenters. The average molecular weight is 437 g/mol. The van der Waals surface area contributed by atoms with E-state index in [1.165, 1.54) is 0 Å². The minimum Gasteiger partial charge on any atom is -0.497 e. The van der Waals surface area contributed by atoms with Crippen LogP contribution in [0, 0.1) is 6.92 Å². The van der Waals surface area contributed by atoms with Gasteiger partial charge in [0.1, 0.15) is 11.5 Å². The van der Waals surface area contributed by atoms with Crippen LogP contribution in [0.25, 0.3) is 22.3 Å². The van der Waals surface area contributed by atoms with Crippen LogP contribution in [-0.2, 0) is 7.05 Å². The van der Waals surface area contributed by atoms with E-state index in [4.69, 9.17) is 26.1 Å². The Morgan fingerprint density at radius 2 is 1.90 bits per heavy atom. The number of carbonyl (C=O) groups is 1. The number of aryl methyl sites for hydroxylation is 2. The number of benzene rings is 2. The van der Waals surface area contributed by atoms with E-state index in [1.54, 1.807) is 43.2 Å². The van der Waals surface area contributed by atoms with E-state index in [-0.39, 0.29) is 5.91 Å². The Morgan fingerprint density at radius 1 is 1.10 bits per heavy atom. The molecule has 0 saturated carbocycles. The van der Waals surface area contributed by atoms with Crippen molar-refractivity contribution in [2.75, 3.05) is 19.5 Å². The number of methoxy groups -OCH3 is 2. The lowest BCUT2D eigenvalue weighted by atomic mass is 10.0. The lowest BCUT2D eigenvalue weighted by molar-refractivity contribution is 0.102. The minimum atomic E-state index is -0.283. The van der Waals surface area contributed by atoms with Crippen LogP contribution < -0.4 is 14.8 Å². The molecule has 0 fully saturated rings. The number of hydrogen-bond donors (Lipinski definition) is 1. The maximum Gasteiger partial charge on any atom is 0.256 e. The van der Waals surface area contributed by atoms with Gasteiger partial charge in [0.05, 0.1) is 41.6 Å². The highest BCUT2D eigenvalue weighted by Gasteiger charge is 2.20. The molecular weight excluding hydrogens is 416 g/mol. The quantitative estimate of drug-likeness (QED) is 0.483. The van der Waals surface area contributed by atoms with Gasteiger partial charge in [-0.1, -0.05) is 23.7 Å². The van der Waals surface area contributed by atoms with Gasteiger partial charge in [-0.2, -0.15) is 5.10 Å². The molecule has 2 heterocycles. The highest BCUT2D eigenvalue weighted by molar-refractivity contribution is 6.32. The second-order valence-corrected chi connectivity index (χ2v) is 7.41. The van der Waals surface area contributed by atoms with Crippen LogP contribution in [0.4, 0.5) is 5.69 Å². The molecular formula is C23H21ClN4O3. The molecule has 0 bridgehead atoms. The van der Waals surface area contributed by atoms with Crippen molar-refractivity contribution < 1.29 is 14.3 Å². The maximum absolute atomic E-state index is 13.3. The molecule has 4 rings (SSSR count). The van der Waals surface area contributed by atoms with Crippen molar-refractivity contribution in [2.24, 2.45) is 7.05 Å². The third kappa shape index (κ3) is 3.92. The third-order valence-corrected chi connectivity index (χ3v) is 5.28. The fourth-order valence-electron chi connectivity index (χ4n) is 3.50. The van der Waals surface area contributed by atoms with Crippen molar-refractivity contribution >= 4 is 34.2 Å². The molecule has 0 radical (unpaired) electrons. The zero-order valence-corrected chi connectivity index (χ0v) is 18.3. The number of pyridine rings is 1. The van der Waals surface area contributed by atoms with Crippen molar-refractivity contribution in [2.45, 2.75) is 6.92 Å². The maximum atomic E-state index is 13.3. The number of carbonyl (C=O) groups excluding carboxylic acids is 1. The fourth-order valence-corrected chi connectivity index (χ4v) is 3.75. The summed E-state index contributed by atoms with van der Waals surface area (Å²) in [5.41, 5.74) is 3.86. The van der Waals surface area contributed by atoms with Crippen molar-refractivity contribution in [3.8, 4) is 22.8 Å². The van der Waals surface area contributed by atoms with Gasteiger partial charge in [0.15, 0.2) is 5.65 Å². The van der Waals surface area contributed by atoms with Gasteiger partial charge in [0.2, 0.25) is 0 Å². The van der Waals surface area contributed by atoms with E-state index in [0.29, 0.717) is 44.5 Å². The van der Waals surface area contributed by atoms with Crippen LogP contribution >= 0.6 is 11.6 Å². The molecule has 1 amide bonds. The van der Waals surface area contributed by atoms with Gasteiger partial charge >= 0.3 is 0 Å². The average Bonchev–Trinajstić information content (AvgIpc) is 3.06. The molecule has 0 saturated heterocycles. The third-order valence-electron chi connectivity index (χ3n) is 4.99. The van der Waals surface area contributed by atoms with Crippen molar-refractivity contribution in [1.82, 2.24) is 14.8 Å². The normalized spacial score (nSPS) is 10.9. The number of ether oxygens (including phenoxy) is 2. The van der Waals surface area contributed by atoms with Crippen molar-refractivity contribution in [1.29, 1.82) is 0 Å². The lowest BCUT2D eigenvalue weighted by Crippen LogP contribution is -2.13. The van der Waals surface area contributed by atoms with Crippen LogP contribution in [0.2, 0.25) is 5.02 Å². The van der Waals surface area contributed by atoms with Gasteiger partial charge < -0.3 is 14.8 Å². The monoisotopic (exact) mass is 436 g/mol. The molecule has 8 heteroatoms. The van der Waals surface area contributed by atoms with Gasteiger partial charge in [0, 0.05) is 18.3 Å². The van der Waals surface area contributed by atoms with E-state index < -0.39 is 0 Å². The fraction of sp³-hybridized carbons (Fsp3) is 0.174. The van der Waals surface area contributed by atoms with Crippen molar-refractivity contribution in [3.63, 3.8) is 0 Å². The van der Waals surface area contributed by atoms with Crippen LogP contribution in [0.1, 0.15) is 16.1 Å². The van der Waals surface area contributed by atoms with Crippen LogP contribution in [-0.4, -0.2) is 34.9 Å². The number of halogens is 1. The van der Waals surface area contributed by atoms with Gasteiger partial charge in [0.25, 0.3) is 5.91 Å². The molecule has 2 aromatic carbocycles. The molecule has 0 atom stereocenters. The predicted octanol–water partition coefficient (Wildman–Crippen LogP) is 4.87. The highest BCUT2D eigenvalue weighted by atomic mass is 35.5. The van der Waals surface area contributed by atoms with E-state index in [1.807, 2.05) is 38.2 Å². The molecule has 0 aliphatic carbocycles. The predicted molar refractivity (Wildman–Crippen MR) is 121 cm³/mol. The molecule has 0 spiro atoms. The second-order valence-electron chi connectivity index (χ2n) is 7.00. The van der Waals surface area contributed by atoms with Gasteiger partial charge in [-0.25, -0.2) is 4.98 Å². The minimum absolute atomic E-state index is 0.283. The first-order valence-corrected chi connectivity index (χ1v) is 9.92. The number of fused-ring (bicyclic) bond motifs is 1. The topological polar surface area (TPSA) is 78.3 Å². The zero-order chi connectivity index (χ0) is 22.1. The van der Waals surface area contributed by atoms with Crippen LogP contribution in [0.3, 0.4) is 0 Å². The number of aromatic nitrogens is 3. The van der Waals surface area contributed by atoms with Gasteiger partial charge in [-0.15, -0.1) is 0 Å². The van der Waals surface area contributed by atoms with E-state index in [9.17, 15) is 4.79 Å². The lowest BCUT2D eigenvalue weighted by Gasteiger charge is -2.11. The Morgan fingerprint density at radius 3 is 2.61 bits per heavy atom. The smallest absolute Gasteiger partial charge is 0.256 e. The molecule has 158 valence electrons. The Labute approximate surface area is 184 Å². The summed E-state index contributed by atoms with van der Waals surface area (Å²) in [5.74, 6) is 0.961. The van der Waals surface area contributed by atoms with Crippen LogP contribution in [0.5, 0.6) is 11.5 Å². The molecule has 0 aliphatic rings. The number of nitrogens with zero attached hydrogens (tertiary/aromatic N) is 3. The zero-order valence-electron chi connectivity index (χ0n) is 17.6. The highest BCUT2D eigenvalue weighted by Crippen LogP contribution is 2.31. The number of nitrogens with one attached hydrogen (secondary N) is 1. The summed E-state index contributed by atoms with van der Waals surface area (Å²) in [6, 6.07) is 14.4. The Balaban J connectivity index is 1.82. The summed E-state index contributed by atoms with van der Waals surface area (Å²) in [7, 11) is 4.96. The molecule has 2 aromatic heterocycles. The number of rotatable bonds is 5. The second kappa shape index (κ2) is 8.28. The summed E-state index contributed by atoms with van der Waals surface area (Å²) in [4.78, 5) is 18.0. The Hall–Kier alpha value is -3.58. The van der Waals surface area contributed by atoms with Crippen LogP contribution in [0.15, 0.2) is 48.5 Å². The van der Waals surface area contributed by atoms with Gasteiger partial charge in [-0.3, -0.25) is 9.48 Å². The summed E-state index contributed by atoms with van der Waals surface area (Å²) in [6.45, 7) is 1.86. The summed E-state index contributed by atoms with van der Waals surface area (Å²) < 4.78 is 12.2.